The number of hydrogen-bond donors (Lipinski definition) is 1. The van der Waals surface area contributed by atoms with Crippen molar-refractivity contribution in [3.05, 3.63) is 24.0 Å². The molecule has 0 aliphatic carbocycles. The van der Waals surface area contributed by atoms with Crippen LogP contribution in [0, 0.1) is 5.82 Å². The van der Waals surface area contributed by atoms with Crippen molar-refractivity contribution in [2.75, 3.05) is 30.8 Å². The third-order valence-electron chi connectivity index (χ3n) is 4.42. The lowest BCUT2D eigenvalue weighted by atomic mass is 10.1. The normalized spacial score (nSPS) is 28.4. The standard InChI is InChI=1S/C14H20FN3/c1-17-12-2-3-13(17)9-18(5-4-12)14-7-10(15)6-11(16)8-14/h6-8,12-13H,2-5,9,16H2,1H3. The van der Waals surface area contributed by atoms with Crippen LogP contribution >= 0.6 is 0 Å². The van der Waals surface area contributed by atoms with E-state index >= 15 is 0 Å². The largest absolute Gasteiger partial charge is 0.399 e. The van der Waals surface area contributed by atoms with Gasteiger partial charge < -0.3 is 10.6 Å². The number of likely N-dealkylation sites (N-methyl/N-ethyl adjacent to an activating group) is 1. The molecule has 2 aliphatic heterocycles. The first kappa shape index (κ1) is 11.8. The van der Waals surface area contributed by atoms with Crippen LogP contribution in [-0.4, -0.2) is 37.1 Å². The van der Waals surface area contributed by atoms with Gasteiger partial charge in [-0.25, -0.2) is 4.39 Å². The molecule has 18 heavy (non-hydrogen) atoms. The van der Waals surface area contributed by atoms with Gasteiger partial charge in [-0.05, 0) is 44.5 Å². The number of rotatable bonds is 1. The quantitative estimate of drug-likeness (QED) is 0.773. The third kappa shape index (κ3) is 2.05. The molecular weight excluding hydrogens is 229 g/mol. The zero-order valence-electron chi connectivity index (χ0n) is 10.8. The Bertz CT molecular complexity index is 428. The first-order valence-corrected chi connectivity index (χ1v) is 6.66. The van der Waals surface area contributed by atoms with E-state index in [1.54, 1.807) is 6.07 Å². The minimum Gasteiger partial charge on any atom is -0.399 e. The highest BCUT2D eigenvalue weighted by Crippen LogP contribution is 2.31. The molecule has 3 rings (SSSR count). The summed E-state index contributed by atoms with van der Waals surface area (Å²) in [7, 11) is 2.21. The molecule has 0 radical (unpaired) electrons. The lowest BCUT2D eigenvalue weighted by molar-refractivity contribution is 0.254. The number of halogens is 1. The van der Waals surface area contributed by atoms with Gasteiger partial charge in [-0.1, -0.05) is 0 Å². The molecule has 2 unspecified atom stereocenters. The van der Waals surface area contributed by atoms with E-state index in [2.05, 4.69) is 16.8 Å². The molecule has 3 nitrogen and oxygen atoms in total. The van der Waals surface area contributed by atoms with E-state index < -0.39 is 0 Å². The average Bonchev–Trinajstić information content (AvgIpc) is 2.51. The fourth-order valence-electron chi connectivity index (χ4n) is 3.32. The molecule has 4 heteroatoms. The van der Waals surface area contributed by atoms with E-state index in [9.17, 15) is 4.39 Å². The van der Waals surface area contributed by atoms with Crippen molar-refractivity contribution in [1.29, 1.82) is 0 Å². The predicted molar refractivity (Wildman–Crippen MR) is 72.2 cm³/mol. The van der Waals surface area contributed by atoms with Crippen LogP contribution in [0.4, 0.5) is 15.8 Å². The summed E-state index contributed by atoms with van der Waals surface area (Å²) >= 11 is 0. The van der Waals surface area contributed by atoms with Crippen LogP contribution in [0.25, 0.3) is 0 Å². The van der Waals surface area contributed by atoms with Crippen LogP contribution in [0.3, 0.4) is 0 Å². The molecule has 0 saturated carbocycles. The summed E-state index contributed by atoms with van der Waals surface area (Å²) < 4.78 is 13.4. The molecule has 1 aromatic carbocycles. The van der Waals surface area contributed by atoms with Gasteiger partial charge in [-0.2, -0.15) is 0 Å². The molecule has 2 aliphatic rings. The van der Waals surface area contributed by atoms with E-state index in [-0.39, 0.29) is 5.82 Å². The van der Waals surface area contributed by atoms with E-state index in [0.717, 1.165) is 25.2 Å². The molecule has 0 aromatic heterocycles. The van der Waals surface area contributed by atoms with Crippen LogP contribution < -0.4 is 10.6 Å². The van der Waals surface area contributed by atoms with Gasteiger partial charge in [0.25, 0.3) is 0 Å². The summed E-state index contributed by atoms with van der Waals surface area (Å²) in [5, 5.41) is 0. The molecule has 0 amide bonds. The summed E-state index contributed by atoms with van der Waals surface area (Å²) in [6.07, 6.45) is 3.71. The Kier molecular flexibility index (Phi) is 2.90. The highest BCUT2D eigenvalue weighted by Gasteiger charge is 2.34. The van der Waals surface area contributed by atoms with E-state index in [1.807, 2.05) is 6.07 Å². The molecule has 2 fully saturated rings. The molecule has 2 heterocycles. The first-order chi connectivity index (χ1) is 8.63. The Morgan fingerprint density at radius 3 is 2.72 bits per heavy atom. The van der Waals surface area contributed by atoms with Gasteiger partial charge >= 0.3 is 0 Å². The summed E-state index contributed by atoms with van der Waals surface area (Å²) in [6, 6.07) is 6.14. The van der Waals surface area contributed by atoms with Gasteiger partial charge in [-0.15, -0.1) is 0 Å². The number of benzene rings is 1. The van der Waals surface area contributed by atoms with Crippen LogP contribution in [-0.2, 0) is 0 Å². The van der Waals surface area contributed by atoms with E-state index in [4.69, 9.17) is 5.73 Å². The van der Waals surface area contributed by atoms with Crippen molar-refractivity contribution >= 4 is 11.4 Å². The maximum atomic E-state index is 13.4. The predicted octanol–water partition coefficient (Wildman–Crippen LogP) is 2.08. The molecule has 2 atom stereocenters. The topological polar surface area (TPSA) is 32.5 Å². The lowest BCUT2D eigenvalue weighted by Crippen LogP contribution is -2.36. The number of nitrogens with two attached hydrogens (primary N) is 1. The molecule has 2 bridgehead atoms. The first-order valence-electron chi connectivity index (χ1n) is 6.66. The number of nitrogen functional groups attached to an aromatic ring is 1. The fraction of sp³-hybridized carbons (Fsp3) is 0.571. The molecule has 2 N–H and O–H groups in total. The van der Waals surface area contributed by atoms with Crippen molar-refractivity contribution in [3.63, 3.8) is 0 Å². The minimum absolute atomic E-state index is 0.243. The Morgan fingerprint density at radius 1 is 1.17 bits per heavy atom. The Hall–Kier alpha value is -1.29. The second-order valence-electron chi connectivity index (χ2n) is 5.53. The number of nitrogens with zero attached hydrogens (tertiary/aromatic N) is 2. The SMILES string of the molecule is CN1C2CCC1CN(c1cc(N)cc(F)c1)CC2. The van der Waals surface area contributed by atoms with Crippen LogP contribution in [0.15, 0.2) is 18.2 Å². The summed E-state index contributed by atoms with van der Waals surface area (Å²) in [5.74, 6) is -0.243. The highest BCUT2D eigenvalue weighted by atomic mass is 19.1. The Labute approximate surface area is 107 Å². The summed E-state index contributed by atoms with van der Waals surface area (Å²) in [5.41, 5.74) is 7.16. The monoisotopic (exact) mass is 249 g/mol. The third-order valence-corrected chi connectivity index (χ3v) is 4.42. The van der Waals surface area contributed by atoms with Gasteiger partial charge in [0.05, 0.1) is 0 Å². The van der Waals surface area contributed by atoms with Crippen LogP contribution in [0.1, 0.15) is 19.3 Å². The maximum absolute atomic E-state index is 13.4. The summed E-state index contributed by atoms with van der Waals surface area (Å²) in [4.78, 5) is 4.77. The van der Waals surface area contributed by atoms with Crippen molar-refractivity contribution in [1.82, 2.24) is 4.90 Å². The molecule has 0 spiro atoms. The molecule has 2 saturated heterocycles. The maximum Gasteiger partial charge on any atom is 0.127 e. The summed E-state index contributed by atoms with van der Waals surface area (Å²) in [6.45, 7) is 1.98. The minimum atomic E-state index is -0.243. The fourth-order valence-corrected chi connectivity index (χ4v) is 3.32. The van der Waals surface area contributed by atoms with Crippen LogP contribution in [0.5, 0.6) is 0 Å². The van der Waals surface area contributed by atoms with Crippen molar-refractivity contribution in [2.45, 2.75) is 31.3 Å². The Morgan fingerprint density at radius 2 is 1.94 bits per heavy atom. The lowest BCUT2D eigenvalue weighted by Gasteiger charge is -2.27. The second-order valence-corrected chi connectivity index (χ2v) is 5.53. The number of anilines is 2. The van der Waals surface area contributed by atoms with Gasteiger partial charge in [0, 0.05) is 36.5 Å². The van der Waals surface area contributed by atoms with Gasteiger partial charge in [0.15, 0.2) is 0 Å². The molecular formula is C14H20FN3. The second kappa shape index (κ2) is 4.43. The van der Waals surface area contributed by atoms with E-state index in [0.29, 0.717) is 17.8 Å². The highest BCUT2D eigenvalue weighted by molar-refractivity contribution is 5.56. The zero-order chi connectivity index (χ0) is 12.7. The van der Waals surface area contributed by atoms with Crippen molar-refractivity contribution in [3.8, 4) is 0 Å². The molecule has 98 valence electrons. The van der Waals surface area contributed by atoms with Crippen LogP contribution in [0.2, 0.25) is 0 Å². The van der Waals surface area contributed by atoms with Crippen molar-refractivity contribution in [2.24, 2.45) is 0 Å². The molecule has 1 aromatic rings. The number of hydrogen-bond acceptors (Lipinski definition) is 3. The number of fused-ring (bicyclic) bond motifs is 2. The smallest absolute Gasteiger partial charge is 0.127 e. The Balaban J connectivity index is 1.84. The van der Waals surface area contributed by atoms with Gasteiger partial charge in [0.2, 0.25) is 0 Å². The van der Waals surface area contributed by atoms with E-state index in [1.165, 1.54) is 18.9 Å². The van der Waals surface area contributed by atoms with Gasteiger partial charge in [0.1, 0.15) is 5.82 Å². The van der Waals surface area contributed by atoms with Gasteiger partial charge in [-0.3, -0.25) is 4.90 Å². The zero-order valence-corrected chi connectivity index (χ0v) is 10.8. The average molecular weight is 249 g/mol. The van der Waals surface area contributed by atoms with Crippen molar-refractivity contribution < 1.29 is 4.39 Å².